The molecule has 0 N–H and O–H groups in total. The molecule has 0 aliphatic carbocycles. The Bertz CT molecular complexity index is 688. The predicted molar refractivity (Wildman–Crippen MR) is 107 cm³/mol. The molecule has 0 spiro atoms. The summed E-state index contributed by atoms with van der Waals surface area (Å²) in [5, 5.41) is 0.210. The summed E-state index contributed by atoms with van der Waals surface area (Å²) in [6.45, 7) is 10.3. The number of sulfone groups is 1. The highest BCUT2D eigenvalue weighted by Gasteiger charge is 2.27. The zero-order chi connectivity index (χ0) is 18.7. The molecule has 148 valence electrons. The summed E-state index contributed by atoms with van der Waals surface area (Å²) < 4.78 is 26.0. The molecule has 8 heteroatoms. The highest BCUT2D eigenvalue weighted by atomic mass is 32.2. The summed E-state index contributed by atoms with van der Waals surface area (Å²) in [7, 11) is -3.30. The van der Waals surface area contributed by atoms with Crippen molar-refractivity contribution in [1.29, 1.82) is 0 Å². The molecule has 3 rings (SSSR count). The first-order chi connectivity index (χ1) is 12.3. The van der Waals surface area contributed by atoms with Crippen molar-refractivity contribution in [3.63, 3.8) is 0 Å². The van der Waals surface area contributed by atoms with E-state index in [4.69, 9.17) is 0 Å². The van der Waals surface area contributed by atoms with Crippen LogP contribution in [0.4, 0.5) is 0 Å². The van der Waals surface area contributed by atoms with Crippen molar-refractivity contribution in [3.8, 4) is 0 Å². The summed E-state index contributed by atoms with van der Waals surface area (Å²) in [5.74, 6) is 2.91. The Balaban J connectivity index is 1.63. The van der Waals surface area contributed by atoms with Gasteiger partial charge < -0.3 is 4.57 Å². The first-order valence-corrected chi connectivity index (χ1v) is 12.7. The van der Waals surface area contributed by atoms with Gasteiger partial charge in [0.25, 0.3) is 0 Å². The molecular weight excluding hydrogens is 368 g/mol. The molecule has 2 fully saturated rings. The zero-order valence-electron chi connectivity index (χ0n) is 16.2. The lowest BCUT2D eigenvalue weighted by Crippen LogP contribution is -2.47. The largest absolute Gasteiger partial charge is 0.317 e. The van der Waals surface area contributed by atoms with Gasteiger partial charge in [0, 0.05) is 63.1 Å². The molecule has 2 aliphatic rings. The van der Waals surface area contributed by atoms with E-state index in [1.165, 1.54) is 43.7 Å². The fraction of sp³-hybridized carbons (Fsp3) is 0.833. The van der Waals surface area contributed by atoms with E-state index in [1.54, 1.807) is 6.20 Å². The van der Waals surface area contributed by atoms with E-state index in [0.29, 0.717) is 12.5 Å². The smallest absolute Gasteiger partial charge is 0.227 e. The number of aromatic nitrogens is 2. The van der Waals surface area contributed by atoms with Crippen LogP contribution in [0.5, 0.6) is 0 Å². The Kier molecular flexibility index (Phi) is 6.69. The fourth-order valence-electron chi connectivity index (χ4n) is 3.99. The van der Waals surface area contributed by atoms with Gasteiger partial charge in [0.2, 0.25) is 15.0 Å². The molecule has 0 amide bonds. The summed E-state index contributed by atoms with van der Waals surface area (Å²) in [6.07, 6.45) is 5.43. The van der Waals surface area contributed by atoms with Gasteiger partial charge in [-0.2, -0.15) is 11.8 Å². The second-order valence-electron chi connectivity index (χ2n) is 7.96. The standard InChI is InChI=1S/C18H32N4O2S2/c1-15(2)13-22-17(12-19-18(22)26(3,23)24)14-20-6-4-16(5-7-20)21-8-10-25-11-9-21/h12,15-16H,4-11,13-14H2,1-3H3. The maximum atomic E-state index is 12.1. The number of nitrogens with zero attached hydrogens (tertiary/aromatic N) is 4. The van der Waals surface area contributed by atoms with Gasteiger partial charge in [-0.1, -0.05) is 13.8 Å². The summed E-state index contributed by atoms with van der Waals surface area (Å²) in [4.78, 5) is 9.35. The summed E-state index contributed by atoms with van der Waals surface area (Å²) in [6, 6.07) is 0.722. The Morgan fingerprint density at radius 1 is 1.19 bits per heavy atom. The average Bonchev–Trinajstić information content (AvgIpc) is 2.98. The van der Waals surface area contributed by atoms with Crippen LogP contribution in [0.15, 0.2) is 11.4 Å². The lowest BCUT2D eigenvalue weighted by molar-refractivity contribution is 0.110. The number of likely N-dealkylation sites (tertiary alicyclic amines) is 1. The van der Waals surface area contributed by atoms with Gasteiger partial charge in [-0.15, -0.1) is 0 Å². The van der Waals surface area contributed by atoms with Crippen LogP contribution >= 0.6 is 11.8 Å². The third-order valence-corrected chi connectivity index (χ3v) is 7.22. The van der Waals surface area contributed by atoms with Gasteiger partial charge in [-0.3, -0.25) is 9.80 Å². The second-order valence-corrected chi connectivity index (χ2v) is 11.1. The summed E-state index contributed by atoms with van der Waals surface area (Å²) >= 11 is 2.06. The molecule has 0 bridgehead atoms. The number of thioether (sulfide) groups is 1. The molecule has 0 aromatic carbocycles. The second kappa shape index (κ2) is 8.63. The van der Waals surface area contributed by atoms with Crippen molar-refractivity contribution in [3.05, 3.63) is 11.9 Å². The van der Waals surface area contributed by atoms with Crippen LogP contribution in [-0.4, -0.2) is 77.8 Å². The molecule has 6 nitrogen and oxygen atoms in total. The highest BCUT2D eigenvalue weighted by molar-refractivity contribution is 7.99. The minimum absolute atomic E-state index is 0.210. The van der Waals surface area contributed by atoms with Crippen molar-refractivity contribution >= 4 is 21.6 Å². The number of imidazole rings is 1. The molecule has 3 heterocycles. The first-order valence-electron chi connectivity index (χ1n) is 9.63. The van der Waals surface area contributed by atoms with Crippen LogP contribution in [0.3, 0.4) is 0 Å². The predicted octanol–water partition coefficient (Wildman–Crippen LogP) is 1.96. The van der Waals surface area contributed by atoms with Crippen LogP contribution < -0.4 is 0 Å². The van der Waals surface area contributed by atoms with E-state index in [-0.39, 0.29) is 5.16 Å². The van der Waals surface area contributed by atoms with E-state index in [1.807, 2.05) is 4.57 Å². The number of hydrogen-bond acceptors (Lipinski definition) is 6. The maximum Gasteiger partial charge on any atom is 0.227 e. The fourth-order valence-corrected chi connectivity index (χ4v) is 5.76. The van der Waals surface area contributed by atoms with E-state index in [0.717, 1.165) is 31.4 Å². The van der Waals surface area contributed by atoms with Crippen LogP contribution in [0.25, 0.3) is 0 Å². The van der Waals surface area contributed by atoms with E-state index >= 15 is 0 Å². The van der Waals surface area contributed by atoms with Crippen molar-refractivity contribution in [2.45, 2.75) is 51.0 Å². The Labute approximate surface area is 162 Å². The van der Waals surface area contributed by atoms with Crippen LogP contribution in [0.1, 0.15) is 32.4 Å². The molecule has 1 aromatic heterocycles. The highest BCUT2D eigenvalue weighted by Crippen LogP contribution is 2.22. The molecule has 26 heavy (non-hydrogen) atoms. The molecule has 2 saturated heterocycles. The molecule has 2 aliphatic heterocycles. The zero-order valence-corrected chi connectivity index (χ0v) is 17.9. The Hall–Kier alpha value is -0.570. The van der Waals surface area contributed by atoms with E-state index in [2.05, 4.69) is 40.4 Å². The Morgan fingerprint density at radius 3 is 2.42 bits per heavy atom. The van der Waals surface area contributed by atoms with Gasteiger partial charge >= 0.3 is 0 Å². The topological polar surface area (TPSA) is 58.4 Å². The summed E-state index contributed by atoms with van der Waals surface area (Å²) in [5.41, 5.74) is 1.02. The monoisotopic (exact) mass is 400 g/mol. The lowest BCUT2D eigenvalue weighted by atomic mass is 10.0. The quantitative estimate of drug-likeness (QED) is 0.728. The molecule has 0 radical (unpaired) electrons. The molecule has 0 atom stereocenters. The van der Waals surface area contributed by atoms with Crippen LogP contribution in [-0.2, 0) is 22.9 Å². The molecule has 1 aromatic rings. The third-order valence-electron chi connectivity index (χ3n) is 5.29. The Morgan fingerprint density at radius 2 is 1.85 bits per heavy atom. The minimum Gasteiger partial charge on any atom is -0.317 e. The molecule has 0 saturated carbocycles. The van der Waals surface area contributed by atoms with Crippen molar-refractivity contribution in [1.82, 2.24) is 19.4 Å². The van der Waals surface area contributed by atoms with Crippen LogP contribution in [0.2, 0.25) is 0 Å². The number of piperidine rings is 1. The van der Waals surface area contributed by atoms with E-state index in [9.17, 15) is 8.42 Å². The van der Waals surface area contributed by atoms with Gasteiger partial charge in [0.05, 0.1) is 11.9 Å². The van der Waals surface area contributed by atoms with Crippen molar-refractivity contribution in [2.24, 2.45) is 5.92 Å². The van der Waals surface area contributed by atoms with Gasteiger partial charge in [-0.25, -0.2) is 13.4 Å². The van der Waals surface area contributed by atoms with Gasteiger partial charge in [-0.05, 0) is 18.8 Å². The first kappa shape index (κ1) is 20.2. The van der Waals surface area contributed by atoms with Gasteiger partial charge in [0.1, 0.15) is 0 Å². The van der Waals surface area contributed by atoms with Crippen LogP contribution in [0, 0.1) is 5.92 Å². The number of rotatable bonds is 6. The number of hydrogen-bond donors (Lipinski definition) is 0. The van der Waals surface area contributed by atoms with E-state index < -0.39 is 9.84 Å². The minimum atomic E-state index is -3.30. The maximum absolute atomic E-state index is 12.1. The van der Waals surface area contributed by atoms with Crippen molar-refractivity contribution in [2.75, 3.05) is 43.9 Å². The normalized spacial score (nSPS) is 21.5. The van der Waals surface area contributed by atoms with Gasteiger partial charge in [0.15, 0.2) is 0 Å². The third kappa shape index (κ3) is 5.03. The lowest BCUT2D eigenvalue weighted by Gasteiger charge is -2.40. The molecular formula is C18H32N4O2S2. The molecule has 0 unspecified atom stereocenters. The average molecular weight is 401 g/mol. The SMILES string of the molecule is CC(C)Cn1c(CN2CCC(N3CCSCC3)CC2)cnc1S(C)(=O)=O. The van der Waals surface area contributed by atoms with Crippen molar-refractivity contribution < 1.29 is 8.42 Å².